The highest BCUT2D eigenvalue weighted by molar-refractivity contribution is 5.69. The molecule has 0 amide bonds. The lowest BCUT2D eigenvalue weighted by atomic mass is 10.0. The molecule has 0 saturated carbocycles. The molecular formula is C44H86O4. The number of carboxylic acid groups (broad SMARTS) is 1. The van der Waals surface area contributed by atoms with E-state index in [9.17, 15) is 9.59 Å². The van der Waals surface area contributed by atoms with E-state index in [4.69, 9.17) is 9.84 Å². The maximum Gasteiger partial charge on any atom is 0.306 e. The first kappa shape index (κ1) is 46.9. The normalized spacial score (nSPS) is 12.0. The lowest BCUT2D eigenvalue weighted by Gasteiger charge is -2.17. The second-order valence-electron chi connectivity index (χ2n) is 15.3. The highest BCUT2D eigenvalue weighted by Crippen LogP contribution is 2.19. The van der Waals surface area contributed by atoms with E-state index < -0.39 is 5.97 Å². The van der Waals surface area contributed by atoms with Gasteiger partial charge in [0.1, 0.15) is 6.10 Å². The van der Waals surface area contributed by atoms with Crippen LogP contribution in [0.4, 0.5) is 0 Å². The Morgan fingerprint density at radius 2 is 0.646 bits per heavy atom. The van der Waals surface area contributed by atoms with Crippen LogP contribution in [0.1, 0.15) is 264 Å². The van der Waals surface area contributed by atoms with E-state index in [1.54, 1.807) is 0 Å². The Morgan fingerprint density at radius 1 is 0.375 bits per heavy atom. The average molecular weight is 679 g/mol. The highest BCUT2D eigenvalue weighted by atomic mass is 16.5. The second kappa shape index (κ2) is 40.4. The number of carboxylic acids is 1. The molecule has 0 aromatic carbocycles. The smallest absolute Gasteiger partial charge is 0.306 e. The number of aliphatic carboxylic acids is 1. The molecule has 1 atom stereocenters. The van der Waals surface area contributed by atoms with E-state index >= 15 is 0 Å². The van der Waals surface area contributed by atoms with Crippen molar-refractivity contribution >= 4 is 11.9 Å². The molecule has 4 nitrogen and oxygen atoms in total. The van der Waals surface area contributed by atoms with Gasteiger partial charge in [-0.1, -0.05) is 226 Å². The Bertz CT molecular complexity index is 648. The van der Waals surface area contributed by atoms with E-state index in [1.165, 1.54) is 199 Å². The Kier molecular flexibility index (Phi) is 39.5. The fourth-order valence-corrected chi connectivity index (χ4v) is 7.06. The fraction of sp³-hybridized carbons (Fsp3) is 0.955. The topological polar surface area (TPSA) is 63.6 Å². The molecule has 48 heavy (non-hydrogen) atoms. The summed E-state index contributed by atoms with van der Waals surface area (Å²) in [5, 5.41) is 9.15. The highest BCUT2D eigenvalue weighted by Gasteiger charge is 2.16. The molecule has 0 saturated heterocycles. The largest absolute Gasteiger partial charge is 0.481 e. The molecule has 0 aromatic rings. The molecule has 0 aliphatic heterocycles. The lowest BCUT2D eigenvalue weighted by Crippen LogP contribution is -2.19. The quantitative estimate of drug-likeness (QED) is 0.0516. The van der Waals surface area contributed by atoms with Crippen LogP contribution in [0.15, 0.2) is 0 Å². The summed E-state index contributed by atoms with van der Waals surface area (Å²) in [6, 6.07) is 0. The third-order valence-corrected chi connectivity index (χ3v) is 10.3. The van der Waals surface area contributed by atoms with E-state index in [-0.39, 0.29) is 18.5 Å². The molecule has 0 fully saturated rings. The number of esters is 1. The third kappa shape index (κ3) is 39.4. The van der Waals surface area contributed by atoms with Crippen LogP contribution in [0.25, 0.3) is 0 Å². The molecule has 0 aliphatic carbocycles. The second-order valence-corrected chi connectivity index (χ2v) is 15.3. The van der Waals surface area contributed by atoms with E-state index in [1.807, 2.05) is 0 Å². The number of unbranched alkanes of at least 4 members (excludes halogenated alkanes) is 33. The van der Waals surface area contributed by atoms with Crippen LogP contribution in [0.2, 0.25) is 0 Å². The van der Waals surface area contributed by atoms with E-state index in [2.05, 4.69) is 13.8 Å². The third-order valence-electron chi connectivity index (χ3n) is 10.3. The summed E-state index contributed by atoms with van der Waals surface area (Å²) >= 11 is 0. The van der Waals surface area contributed by atoms with Crippen molar-refractivity contribution in [3.8, 4) is 0 Å². The molecule has 0 heterocycles. The summed E-state index contributed by atoms with van der Waals surface area (Å²) in [4.78, 5) is 23.6. The summed E-state index contributed by atoms with van der Waals surface area (Å²) in [6.45, 7) is 4.57. The fourth-order valence-electron chi connectivity index (χ4n) is 7.06. The Labute approximate surface area is 301 Å². The Balaban J connectivity index is 3.63. The van der Waals surface area contributed by atoms with Gasteiger partial charge in [-0.25, -0.2) is 0 Å². The van der Waals surface area contributed by atoms with Crippen LogP contribution >= 0.6 is 0 Å². The van der Waals surface area contributed by atoms with Gasteiger partial charge in [-0.05, 0) is 25.7 Å². The average Bonchev–Trinajstić information content (AvgIpc) is 3.07. The van der Waals surface area contributed by atoms with Crippen molar-refractivity contribution in [3.63, 3.8) is 0 Å². The van der Waals surface area contributed by atoms with Crippen LogP contribution in [-0.2, 0) is 14.3 Å². The predicted molar refractivity (Wildman–Crippen MR) is 209 cm³/mol. The molecule has 0 aromatic heterocycles. The minimum absolute atomic E-state index is 0.0794. The van der Waals surface area contributed by atoms with Crippen molar-refractivity contribution in [1.82, 2.24) is 0 Å². The summed E-state index contributed by atoms with van der Waals surface area (Å²) in [5.74, 6) is -0.935. The van der Waals surface area contributed by atoms with Crippen LogP contribution in [0.3, 0.4) is 0 Å². The zero-order valence-corrected chi connectivity index (χ0v) is 32.8. The molecular weight excluding hydrogens is 592 g/mol. The summed E-state index contributed by atoms with van der Waals surface area (Å²) in [6.07, 6.45) is 48.5. The Hall–Kier alpha value is -1.06. The van der Waals surface area contributed by atoms with E-state index in [0.29, 0.717) is 12.8 Å². The standard InChI is InChI=1S/C44H86O4/c1-3-5-7-9-11-13-15-17-19-21-22-23-25-27-29-31-33-35-37-39-44(47)48-42(40-41-43(45)46)38-36-34-32-30-28-26-24-20-18-16-14-12-10-8-6-4-2/h42H,3-41H2,1-2H3,(H,45,46). The zero-order valence-electron chi connectivity index (χ0n) is 32.8. The first-order valence-corrected chi connectivity index (χ1v) is 22.0. The SMILES string of the molecule is CCCCCCCCCCCCCCCCCCCCCC(=O)OC(CCCCCCCCCCCCCCCCCC)CCC(=O)O. The number of carbonyl (C=O) groups is 2. The number of hydrogen-bond donors (Lipinski definition) is 1. The minimum Gasteiger partial charge on any atom is -0.481 e. The van der Waals surface area contributed by atoms with Gasteiger partial charge in [-0.2, -0.15) is 0 Å². The van der Waals surface area contributed by atoms with Gasteiger partial charge in [0, 0.05) is 12.8 Å². The summed E-state index contributed by atoms with van der Waals surface area (Å²) in [7, 11) is 0. The van der Waals surface area contributed by atoms with Gasteiger partial charge in [0.05, 0.1) is 0 Å². The predicted octanol–water partition coefficient (Wildman–Crippen LogP) is 15.2. The number of carbonyl (C=O) groups excluding carboxylic acids is 1. The van der Waals surface area contributed by atoms with Gasteiger partial charge in [0.15, 0.2) is 0 Å². The van der Waals surface area contributed by atoms with Gasteiger partial charge < -0.3 is 9.84 Å². The summed E-state index contributed by atoms with van der Waals surface area (Å²) < 4.78 is 5.76. The van der Waals surface area contributed by atoms with Crippen LogP contribution in [0, 0.1) is 0 Å². The van der Waals surface area contributed by atoms with Crippen LogP contribution in [0.5, 0.6) is 0 Å². The Morgan fingerprint density at radius 3 is 0.938 bits per heavy atom. The van der Waals surface area contributed by atoms with Gasteiger partial charge >= 0.3 is 11.9 Å². The van der Waals surface area contributed by atoms with E-state index in [0.717, 1.165) is 32.1 Å². The van der Waals surface area contributed by atoms with Crippen LogP contribution < -0.4 is 0 Å². The molecule has 4 heteroatoms. The molecule has 0 bridgehead atoms. The van der Waals surface area contributed by atoms with Crippen molar-refractivity contribution in [2.75, 3.05) is 0 Å². The monoisotopic (exact) mass is 679 g/mol. The van der Waals surface area contributed by atoms with Gasteiger partial charge in [-0.15, -0.1) is 0 Å². The zero-order chi connectivity index (χ0) is 35.0. The molecule has 0 rings (SSSR count). The lowest BCUT2D eigenvalue weighted by molar-refractivity contribution is -0.151. The van der Waals surface area contributed by atoms with Gasteiger partial charge in [0.2, 0.25) is 0 Å². The molecule has 286 valence electrons. The van der Waals surface area contributed by atoms with Crippen molar-refractivity contribution in [1.29, 1.82) is 0 Å². The summed E-state index contributed by atoms with van der Waals surface area (Å²) in [5.41, 5.74) is 0. The molecule has 0 spiro atoms. The van der Waals surface area contributed by atoms with Crippen molar-refractivity contribution in [3.05, 3.63) is 0 Å². The maximum absolute atomic E-state index is 12.5. The van der Waals surface area contributed by atoms with Crippen molar-refractivity contribution < 1.29 is 19.4 Å². The van der Waals surface area contributed by atoms with Crippen molar-refractivity contribution in [2.45, 2.75) is 270 Å². The molecule has 0 radical (unpaired) electrons. The van der Waals surface area contributed by atoms with Gasteiger partial charge in [-0.3, -0.25) is 9.59 Å². The van der Waals surface area contributed by atoms with Gasteiger partial charge in [0.25, 0.3) is 0 Å². The maximum atomic E-state index is 12.5. The number of hydrogen-bond acceptors (Lipinski definition) is 3. The number of rotatable bonds is 41. The minimum atomic E-state index is -0.804. The first-order valence-electron chi connectivity index (χ1n) is 22.0. The molecule has 0 aliphatic rings. The van der Waals surface area contributed by atoms with Crippen molar-refractivity contribution in [2.24, 2.45) is 0 Å². The first-order chi connectivity index (χ1) is 23.6. The molecule has 1 N–H and O–H groups in total. The van der Waals surface area contributed by atoms with Crippen LogP contribution in [-0.4, -0.2) is 23.1 Å². The molecule has 1 unspecified atom stereocenters. The number of ether oxygens (including phenoxy) is 1.